The van der Waals surface area contributed by atoms with Crippen molar-refractivity contribution in [2.45, 2.75) is 19.8 Å². The molecule has 0 saturated carbocycles. The summed E-state index contributed by atoms with van der Waals surface area (Å²) in [5, 5.41) is 15.9. The predicted molar refractivity (Wildman–Crippen MR) is 80.9 cm³/mol. The fourth-order valence-electron chi connectivity index (χ4n) is 2.35. The third-order valence-electron chi connectivity index (χ3n) is 3.50. The lowest BCUT2D eigenvalue weighted by molar-refractivity contribution is -0.141. The van der Waals surface area contributed by atoms with E-state index < -0.39 is 11.9 Å². The highest BCUT2D eigenvalue weighted by Gasteiger charge is 2.21. The molecule has 0 bridgehead atoms. The number of aromatic nitrogens is 3. The fourth-order valence-corrected chi connectivity index (χ4v) is 2.35. The Morgan fingerprint density at radius 1 is 1.36 bits per heavy atom. The van der Waals surface area contributed by atoms with Gasteiger partial charge < -0.3 is 15.0 Å². The fraction of sp³-hybridized carbons (Fsp3) is 0.400. The molecule has 22 heavy (non-hydrogen) atoms. The van der Waals surface area contributed by atoms with Crippen LogP contribution in [-0.2, 0) is 11.8 Å². The van der Waals surface area contributed by atoms with E-state index in [1.807, 2.05) is 31.5 Å². The number of rotatable bonds is 7. The van der Waals surface area contributed by atoms with Gasteiger partial charge in [0.2, 0.25) is 0 Å². The maximum Gasteiger partial charge on any atom is 0.308 e. The first-order valence-corrected chi connectivity index (χ1v) is 7.21. The Morgan fingerprint density at radius 2 is 2.05 bits per heavy atom. The van der Waals surface area contributed by atoms with E-state index in [0.29, 0.717) is 17.8 Å². The van der Waals surface area contributed by atoms with Crippen LogP contribution in [-0.4, -0.2) is 37.9 Å². The summed E-state index contributed by atoms with van der Waals surface area (Å²) >= 11 is 0. The average molecular weight is 304 g/mol. The van der Waals surface area contributed by atoms with Gasteiger partial charge in [-0.05, 0) is 18.6 Å². The molecule has 0 fully saturated rings. The van der Waals surface area contributed by atoms with Gasteiger partial charge in [0.25, 0.3) is 5.91 Å². The molecule has 0 saturated heterocycles. The van der Waals surface area contributed by atoms with Crippen LogP contribution in [0, 0.1) is 5.92 Å². The van der Waals surface area contributed by atoms with Crippen molar-refractivity contribution >= 4 is 11.9 Å². The van der Waals surface area contributed by atoms with Gasteiger partial charge in [-0.1, -0.05) is 13.3 Å². The Balaban J connectivity index is 2.12. The summed E-state index contributed by atoms with van der Waals surface area (Å²) in [4.78, 5) is 23.5. The minimum atomic E-state index is -0.890. The van der Waals surface area contributed by atoms with Crippen molar-refractivity contribution in [2.24, 2.45) is 13.0 Å². The minimum absolute atomic E-state index is 0.113. The van der Waals surface area contributed by atoms with Crippen molar-refractivity contribution in [3.05, 3.63) is 36.3 Å². The molecule has 7 nitrogen and oxygen atoms in total. The van der Waals surface area contributed by atoms with Crippen LogP contribution in [0.2, 0.25) is 0 Å². The highest BCUT2D eigenvalue weighted by Crippen LogP contribution is 2.14. The predicted octanol–water partition coefficient (Wildman–Crippen LogP) is 1.44. The molecule has 0 aliphatic rings. The molecule has 0 spiro atoms. The van der Waals surface area contributed by atoms with Gasteiger partial charge in [0.05, 0.1) is 12.1 Å². The molecule has 7 heteroatoms. The van der Waals surface area contributed by atoms with Gasteiger partial charge in [0.1, 0.15) is 11.4 Å². The average Bonchev–Trinajstić information content (AvgIpc) is 3.11. The number of hydrogen-bond acceptors (Lipinski definition) is 3. The Hall–Kier alpha value is -2.57. The quantitative estimate of drug-likeness (QED) is 0.810. The van der Waals surface area contributed by atoms with Gasteiger partial charge in [-0.25, -0.2) is 0 Å². The number of aryl methyl sites for hydroxylation is 1. The molecule has 2 heterocycles. The number of aliphatic carboxylic acids is 1. The molecule has 2 aromatic rings. The zero-order valence-electron chi connectivity index (χ0n) is 12.7. The lowest BCUT2D eigenvalue weighted by Gasteiger charge is -2.13. The maximum absolute atomic E-state index is 12.3. The van der Waals surface area contributed by atoms with Crippen LogP contribution in [0.3, 0.4) is 0 Å². The first kappa shape index (κ1) is 15.8. The van der Waals surface area contributed by atoms with Crippen molar-refractivity contribution < 1.29 is 14.7 Å². The SMILES string of the molecule is CCCC(CNC(=O)c1cnn(C)c1-n1cccc1)C(=O)O. The number of nitrogens with one attached hydrogen (secondary N) is 1. The summed E-state index contributed by atoms with van der Waals surface area (Å²) in [6, 6.07) is 3.72. The van der Waals surface area contributed by atoms with Gasteiger partial charge in [-0.3, -0.25) is 14.3 Å². The van der Waals surface area contributed by atoms with E-state index in [-0.39, 0.29) is 12.5 Å². The number of carbonyl (C=O) groups is 2. The zero-order valence-corrected chi connectivity index (χ0v) is 12.7. The van der Waals surface area contributed by atoms with Gasteiger partial charge in [-0.15, -0.1) is 0 Å². The number of carboxylic acid groups (broad SMARTS) is 1. The topological polar surface area (TPSA) is 89.2 Å². The number of carbonyl (C=O) groups excluding carboxylic acids is 1. The van der Waals surface area contributed by atoms with E-state index in [2.05, 4.69) is 10.4 Å². The molecule has 2 rings (SSSR count). The third-order valence-corrected chi connectivity index (χ3v) is 3.50. The smallest absolute Gasteiger partial charge is 0.308 e. The van der Waals surface area contributed by atoms with Crippen LogP contribution in [0.5, 0.6) is 0 Å². The molecule has 2 N–H and O–H groups in total. The van der Waals surface area contributed by atoms with Crippen molar-refractivity contribution in [1.82, 2.24) is 19.7 Å². The molecule has 1 atom stereocenters. The number of amides is 1. The zero-order chi connectivity index (χ0) is 16.1. The monoisotopic (exact) mass is 304 g/mol. The Labute approximate surface area is 128 Å². The molecule has 1 amide bonds. The van der Waals surface area contributed by atoms with Crippen LogP contribution in [0.25, 0.3) is 5.82 Å². The van der Waals surface area contributed by atoms with E-state index in [1.165, 1.54) is 6.20 Å². The number of hydrogen-bond donors (Lipinski definition) is 2. The van der Waals surface area contributed by atoms with Crippen LogP contribution in [0.15, 0.2) is 30.7 Å². The highest BCUT2D eigenvalue weighted by atomic mass is 16.4. The van der Waals surface area contributed by atoms with Crippen LogP contribution in [0.4, 0.5) is 0 Å². The second-order valence-electron chi connectivity index (χ2n) is 5.13. The van der Waals surface area contributed by atoms with Crippen LogP contribution in [0.1, 0.15) is 30.1 Å². The summed E-state index contributed by atoms with van der Waals surface area (Å²) < 4.78 is 3.40. The van der Waals surface area contributed by atoms with Gasteiger partial charge in [-0.2, -0.15) is 5.10 Å². The summed E-state index contributed by atoms with van der Waals surface area (Å²) in [6.07, 6.45) is 6.43. The molecule has 1 unspecified atom stereocenters. The molecular formula is C15H20N4O3. The van der Waals surface area contributed by atoms with Gasteiger partial charge in [0, 0.05) is 26.0 Å². The summed E-state index contributed by atoms with van der Waals surface area (Å²) in [5.41, 5.74) is 0.416. The first-order valence-electron chi connectivity index (χ1n) is 7.21. The summed E-state index contributed by atoms with van der Waals surface area (Å²) in [7, 11) is 1.75. The second-order valence-corrected chi connectivity index (χ2v) is 5.13. The highest BCUT2D eigenvalue weighted by molar-refractivity contribution is 5.97. The summed E-state index contributed by atoms with van der Waals surface area (Å²) in [6.45, 7) is 2.03. The normalized spacial score (nSPS) is 12.1. The van der Waals surface area contributed by atoms with E-state index in [0.717, 1.165) is 6.42 Å². The maximum atomic E-state index is 12.3. The minimum Gasteiger partial charge on any atom is -0.481 e. The summed E-state index contributed by atoms with van der Waals surface area (Å²) in [5.74, 6) is -1.14. The van der Waals surface area contributed by atoms with Gasteiger partial charge >= 0.3 is 5.97 Å². The van der Waals surface area contributed by atoms with Crippen molar-refractivity contribution in [1.29, 1.82) is 0 Å². The van der Waals surface area contributed by atoms with Crippen molar-refractivity contribution in [2.75, 3.05) is 6.54 Å². The second kappa shape index (κ2) is 6.93. The number of carboxylic acids is 1. The Bertz CT molecular complexity index is 646. The van der Waals surface area contributed by atoms with Crippen molar-refractivity contribution in [3.8, 4) is 5.82 Å². The largest absolute Gasteiger partial charge is 0.481 e. The lowest BCUT2D eigenvalue weighted by atomic mass is 10.0. The molecule has 2 aromatic heterocycles. The Morgan fingerprint density at radius 3 is 2.64 bits per heavy atom. The standard InChI is InChI=1S/C15H20N4O3/c1-3-6-11(15(21)22)9-16-13(20)12-10-17-18(2)14(12)19-7-4-5-8-19/h4-5,7-8,10-11H,3,6,9H2,1-2H3,(H,16,20)(H,21,22). The molecule has 0 aliphatic heterocycles. The molecule has 0 radical (unpaired) electrons. The van der Waals surface area contributed by atoms with Crippen LogP contribution >= 0.6 is 0 Å². The third kappa shape index (κ3) is 3.36. The van der Waals surface area contributed by atoms with Crippen molar-refractivity contribution in [3.63, 3.8) is 0 Å². The van der Waals surface area contributed by atoms with E-state index in [4.69, 9.17) is 5.11 Å². The molecular weight excluding hydrogens is 284 g/mol. The molecule has 118 valence electrons. The van der Waals surface area contributed by atoms with Gasteiger partial charge in [0.15, 0.2) is 0 Å². The number of nitrogens with zero attached hydrogens (tertiary/aromatic N) is 3. The van der Waals surface area contributed by atoms with Crippen LogP contribution < -0.4 is 5.32 Å². The van der Waals surface area contributed by atoms with E-state index in [1.54, 1.807) is 16.3 Å². The van der Waals surface area contributed by atoms with E-state index in [9.17, 15) is 9.59 Å². The molecule has 0 aliphatic carbocycles. The van der Waals surface area contributed by atoms with E-state index >= 15 is 0 Å². The first-order chi connectivity index (χ1) is 10.5. The Kier molecular flexibility index (Phi) is 4.98. The molecule has 0 aromatic carbocycles. The lowest BCUT2D eigenvalue weighted by Crippen LogP contribution is -2.33.